The van der Waals surface area contributed by atoms with E-state index in [2.05, 4.69) is 25.2 Å². The Morgan fingerprint density at radius 3 is 2.76 bits per heavy atom. The van der Waals surface area contributed by atoms with Crippen LogP contribution >= 0.6 is 23.8 Å². The Kier molecular flexibility index (Phi) is 3.81. The number of ether oxygens (including phenoxy) is 2. The summed E-state index contributed by atoms with van der Waals surface area (Å²) in [6, 6.07) is 13.7. The lowest BCUT2D eigenvalue weighted by Gasteiger charge is -2.56. The van der Waals surface area contributed by atoms with Crippen LogP contribution in [0.15, 0.2) is 42.5 Å². The van der Waals surface area contributed by atoms with Crippen LogP contribution < -0.4 is 19.7 Å². The molecule has 6 heteroatoms. The normalized spacial score (nSPS) is 27.2. The van der Waals surface area contributed by atoms with Crippen molar-refractivity contribution in [3.63, 3.8) is 0 Å². The average Bonchev–Trinajstić information content (AvgIpc) is 2.57. The van der Waals surface area contributed by atoms with Crippen LogP contribution in [0.2, 0.25) is 5.02 Å². The van der Waals surface area contributed by atoms with E-state index >= 15 is 0 Å². The first-order valence-corrected chi connectivity index (χ1v) is 8.96. The van der Waals surface area contributed by atoms with Crippen LogP contribution in [0.5, 0.6) is 11.5 Å². The predicted molar refractivity (Wildman–Crippen MR) is 104 cm³/mol. The fraction of sp³-hybridized carbons (Fsp3) is 0.316. The summed E-state index contributed by atoms with van der Waals surface area (Å²) < 4.78 is 12.1. The molecule has 0 amide bonds. The van der Waals surface area contributed by atoms with Crippen LogP contribution in [0.25, 0.3) is 0 Å². The lowest BCUT2D eigenvalue weighted by atomic mass is 9.80. The number of anilines is 1. The van der Waals surface area contributed by atoms with Gasteiger partial charge in [-0.1, -0.05) is 36.7 Å². The van der Waals surface area contributed by atoms with Crippen molar-refractivity contribution in [3.8, 4) is 11.5 Å². The van der Waals surface area contributed by atoms with Crippen molar-refractivity contribution >= 4 is 34.6 Å². The maximum atomic E-state index is 6.53. The van der Waals surface area contributed by atoms with Crippen LogP contribution in [-0.4, -0.2) is 17.9 Å². The Morgan fingerprint density at radius 1 is 1.28 bits per heavy atom. The summed E-state index contributed by atoms with van der Waals surface area (Å²) in [5.74, 6) is 1.64. The first-order chi connectivity index (χ1) is 12.0. The number of thiocarbonyl (C=S) groups is 1. The summed E-state index contributed by atoms with van der Waals surface area (Å²) in [5, 5.41) is 4.76. The van der Waals surface area contributed by atoms with Crippen LogP contribution in [-0.2, 0) is 0 Å². The molecule has 0 aromatic heterocycles. The fourth-order valence-electron chi connectivity index (χ4n) is 3.77. The average molecular weight is 375 g/mol. The van der Waals surface area contributed by atoms with Crippen molar-refractivity contribution in [2.75, 3.05) is 12.0 Å². The zero-order chi connectivity index (χ0) is 17.8. The molecule has 2 bridgehead atoms. The SMILES string of the molecule is COc1cccc2c1O[C@@]1(C)[C@@H](C)[C@H]2NC(=S)N1c1cccc(Cl)c1. The number of methoxy groups -OCH3 is 1. The number of nitrogens with one attached hydrogen (secondary N) is 1. The van der Waals surface area contributed by atoms with E-state index in [0.29, 0.717) is 10.1 Å². The summed E-state index contributed by atoms with van der Waals surface area (Å²) in [7, 11) is 1.65. The molecule has 0 radical (unpaired) electrons. The maximum Gasteiger partial charge on any atom is 0.191 e. The minimum Gasteiger partial charge on any atom is -0.493 e. The van der Waals surface area contributed by atoms with Crippen LogP contribution in [0.1, 0.15) is 25.5 Å². The highest BCUT2D eigenvalue weighted by molar-refractivity contribution is 7.80. The summed E-state index contributed by atoms with van der Waals surface area (Å²) in [6.45, 7) is 4.23. The monoisotopic (exact) mass is 374 g/mol. The number of rotatable bonds is 2. The van der Waals surface area contributed by atoms with Gasteiger partial charge in [-0.2, -0.15) is 0 Å². The highest BCUT2D eigenvalue weighted by Gasteiger charge is 2.54. The minimum absolute atomic E-state index is 0.0618. The van der Waals surface area contributed by atoms with E-state index in [1.807, 2.05) is 41.3 Å². The highest BCUT2D eigenvalue weighted by atomic mass is 35.5. The van der Waals surface area contributed by atoms with Gasteiger partial charge in [0, 0.05) is 22.2 Å². The van der Waals surface area contributed by atoms with E-state index < -0.39 is 5.72 Å². The molecule has 4 rings (SSSR count). The third-order valence-electron chi connectivity index (χ3n) is 5.21. The lowest BCUT2D eigenvalue weighted by Crippen LogP contribution is -2.69. The third-order valence-corrected chi connectivity index (χ3v) is 5.75. The zero-order valence-electron chi connectivity index (χ0n) is 14.2. The molecule has 1 N–H and O–H groups in total. The largest absolute Gasteiger partial charge is 0.493 e. The Labute approximate surface area is 157 Å². The maximum absolute atomic E-state index is 6.53. The predicted octanol–water partition coefficient (Wildman–Crippen LogP) is 4.53. The van der Waals surface area contributed by atoms with Gasteiger partial charge in [-0.25, -0.2) is 0 Å². The van der Waals surface area contributed by atoms with E-state index in [9.17, 15) is 0 Å². The van der Waals surface area contributed by atoms with Crippen molar-refractivity contribution in [2.45, 2.75) is 25.6 Å². The van der Waals surface area contributed by atoms with Crippen LogP contribution in [0.3, 0.4) is 0 Å². The second kappa shape index (κ2) is 5.78. The Hall–Kier alpha value is -1.98. The number of hydrogen-bond donors (Lipinski definition) is 1. The fourth-order valence-corrected chi connectivity index (χ4v) is 4.36. The molecule has 4 nitrogen and oxygen atoms in total. The molecule has 0 unspecified atom stereocenters. The molecule has 0 saturated carbocycles. The van der Waals surface area contributed by atoms with Gasteiger partial charge >= 0.3 is 0 Å². The van der Waals surface area contributed by atoms with Gasteiger partial charge in [0.05, 0.1) is 13.2 Å². The van der Waals surface area contributed by atoms with E-state index in [1.54, 1.807) is 7.11 Å². The Morgan fingerprint density at radius 2 is 2.04 bits per heavy atom. The molecule has 1 fully saturated rings. The second-order valence-corrected chi connectivity index (χ2v) is 7.39. The number of fused-ring (bicyclic) bond motifs is 4. The minimum atomic E-state index is -0.653. The smallest absolute Gasteiger partial charge is 0.191 e. The highest BCUT2D eigenvalue weighted by Crippen LogP contribution is 2.52. The summed E-state index contributed by atoms with van der Waals surface area (Å²) in [4.78, 5) is 2.00. The van der Waals surface area contributed by atoms with Crippen molar-refractivity contribution in [1.29, 1.82) is 0 Å². The molecule has 2 heterocycles. The number of nitrogens with zero attached hydrogens (tertiary/aromatic N) is 1. The van der Waals surface area contributed by atoms with Gasteiger partial charge < -0.3 is 14.8 Å². The Balaban J connectivity index is 1.88. The van der Waals surface area contributed by atoms with Crippen molar-refractivity contribution < 1.29 is 9.47 Å². The standard InChI is InChI=1S/C19H19ClN2O2S/c1-11-16-14-8-5-9-15(23-3)17(14)24-19(11,2)22(18(25)21-16)13-7-4-6-12(20)10-13/h4-11,16H,1-3H3,(H,21,25)/t11-,16+,19-/m0/s1. The molecule has 25 heavy (non-hydrogen) atoms. The molecular formula is C19H19ClN2O2S. The van der Waals surface area contributed by atoms with Crippen LogP contribution in [0.4, 0.5) is 5.69 Å². The summed E-state index contributed by atoms with van der Waals surface area (Å²) in [6.07, 6.45) is 0. The summed E-state index contributed by atoms with van der Waals surface area (Å²) in [5.41, 5.74) is 1.31. The van der Waals surface area contributed by atoms with Gasteiger partial charge in [0.1, 0.15) is 0 Å². The first kappa shape index (κ1) is 16.5. The second-order valence-electron chi connectivity index (χ2n) is 6.57. The molecule has 1 saturated heterocycles. The van der Waals surface area contributed by atoms with Gasteiger partial charge in [-0.05, 0) is 43.4 Å². The molecule has 130 valence electrons. The number of hydrogen-bond acceptors (Lipinski definition) is 3. The van der Waals surface area contributed by atoms with E-state index in [0.717, 1.165) is 22.7 Å². The molecule has 2 aliphatic heterocycles. The lowest BCUT2D eigenvalue weighted by molar-refractivity contribution is -0.00545. The molecule has 2 aromatic carbocycles. The van der Waals surface area contributed by atoms with Gasteiger partial charge in [0.2, 0.25) is 0 Å². The van der Waals surface area contributed by atoms with E-state index in [-0.39, 0.29) is 12.0 Å². The van der Waals surface area contributed by atoms with Gasteiger partial charge in [-0.3, -0.25) is 4.90 Å². The number of halogens is 1. The molecule has 2 aromatic rings. The molecular weight excluding hydrogens is 356 g/mol. The van der Waals surface area contributed by atoms with Crippen LogP contribution in [0, 0.1) is 5.92 Å². The van der Waals surface area contributed by atoms with Crippen molar-refractivity contribution in [1.82, 2.24) is 5.32 Å². The molecule has 0 aliphatic carbocycles. The first-order valence-electron chi connectivity index (χ1n) is 8.18. The van der Waals surface area contributed by atoms with E-state index in [1.165, 1.54) is 0 Å². The number of benzene rings is 2. The topological polar surface area (TPSA) is 33.7 Å². The van der Waals surface area contributed by atoms with E-state index in [4.69, 9.17) is 33.3 Å². The van der Waals surface area contributed by atoms with Crippen molar-refractivity contribution in [3.05, 3.63) is 53.1 Å². The van der Waals surface area contributed by atoms with Crippen molar-refractivity contribution in [2.24, 2.45) is 5.92 Å². The summed E-state index contributed by atoms with van der Waals surface area (Å²) >= 11 is 11.9. The Bertz CT molecular complexity index is 859. The van der Waals surface area contributed by atoms with Gasteiger partial charge in [0.15, 0.2) is 22.3 Å². The van der Waals surface area contributed by atoms with Gasteiger partial charge in [0.25, 0.3) is 0 Å². The molecule has 3 atom stereocenters. The third kappa shape index (κ3) is 2.37. The molecule has 2 aliphatic rings. The number of para-hydroxylation sites is 1. The quantitative estimate of drug-likeness (QED) is 0.781. The zero-order valence-corrected chi connectivity index (χ0v) is 15.8. The molecule has 0 spiro atoms. The van der Waals surface area contributed by atoms with Gasteiger partial charge in [-0.15, -0.1) is 0 Å².